The van der Waals surface area contributed by atoms with Gasteiger partial charge in [-0.25, -0.2) is 0 Å². The normalized spacial score (nSPS) is 14.9. The molecule has 3 aromatic carbocycles. The predicted octanol–water partition coefficient (Wildman–Crippen LogP) is 6.02. The Hall–Kier alpha value is -4.11. The molecule has 0 saturated heterocycles. The van der Waals surface area contributed by atoms with Crippen molar-refractivity contribution in [2.45, 2.75) is 44.9 Å². The molecule has 3 aromatic rings. The van der Waals surface area contributed by atoms with Gasteiger partial charge in [-0.2, -0.15) is 5.26 Å². The van der Waals surface area contributed by atoms with E-state index in [1.165, 1.54) is 11.6 Å². The second-order valence-corrected chi connectivity index (χ2v) is 9.70. The van der Waals surface area contributed by atoms with E-state index in [1.807, 2.05) is 12.1 Å². The fraction of sp³-hybridized carbons (Fsp3) is 0.276. The minimum atomic E-state index is -0.947. The van der Waals surface area contributed by atoms with E-state index in [4.69, 9.17) is 9.47 Å². The summed E-state index contributed by atoms with van der Waals surface area (Å²) in [6, 6.07) is 20.0. The molecule has 0 radical (unpaired) electrons. The van der Waals surface area contributed by atoms with Crippen LogP contribution in [0.3, 0.4) is 0 Å². The molecule has 0 aliphatic carbocycles. The third-order valence-electron chi connectivity index (χ3n) is 6.13. The Kier molecular flexibility index (Phi) is 6.61. The molecule has 35 heavy (non-hydrogen) atoms. The molecule has 0 bridgehead atoms. The maximum Gasteiger partial charge on any atom is 0.311 e. The second-order valence-electron chi connectivity index (χ2n) is 9.70. The summed E-state index contributed by atoms with van der Waals surface area (Å²) in [6.45, 7) is 6.71. The first kappa shape index (κ1) is 24.0. The molecule has 1 heterocycles. The lowest BCUT2D eigenvalue weighted by Crippen LogP contribution is -2.21. The number of carboxylic acids is 1. The van der Waals surface area contributed by atoms with Crippen molar-refractivity contribution < 1.29 is 24.2 Å². The molecule has 178 valence electrons. The van der Waals surface area contributed by atoms with Crippen LogP contribution in [0.1, 0.15) is 65.7 Å². The second kappa shape index (κ2) is 9.63. The summed E-state index contributed by atoms with van der Waals surface area (Å²) in [4.78, 5) is 24.4. The van der Waals surface area contributed by atoms with E-state index >= 15 is 0 Å². The molecule has 0 amide bonds. The number of hydrogen-bond acceptors (Lipinski definition) is 5. The Labute approximate surface area is 204 Å². The van der Waals surface area contributed by atoms with Crippen LogP contribution in [0, 0.1) is 11.3 Å². The van der Waals surface area contributed by atoms with Crippen LogP contribution in [0.5, 0.6) is 17.2 Å². The number of aliphatic carboxylic acids is 1. The van der Waals surface area contributed by atoms with E-state index in [0.717, 1.165) is 5.56 Å². The third kappa shape index (κ3) is 5.36. The Bertz CT molecular complexity index is 1310. The van der Waals surface area contributed by atoms with Gasteiger partial charge in [-0.3, -0.25) is 9.59 Å². The molecule has 0 fully saturated rings. The minimum Gasteiger partial charge on any atom is -0.493 e. The molecule has 0 aromatic heterocycles. The van der Waals surface area contributed by atoms with Crippen molar-refractivity contribution in [2.75, 3.05) is 6.61 Å². The van der Waals surface area contributed by atoms with Gasteiger partial charge in [0, 0.05) is 23.6 Å². The van der Waals surface area contributed by atoms with E-state index in [2.05, 4.69) is 39.0 Å². The van der Waals surface area contributed by atoms with E-state index < -0.39 is 11.9 Å². The Balaban J connectivity index is 1.51. The van der Waals surface area contributed by atoms with Crippen molar-refractivity contribution >= 4 is 11.8 Å². The maximum atomic E-state index is 12.8. The van der Waals surface area contributed by atoms with Crippen molar-refractivity contribution in [3.63, 3.8) is 0 Å². The van der Waals surface area contributed by atoms with E-state index in [1.54, 1.807) is 30.3 Å². The summed E-state index contributed by atoms with van der Waals surface area (Å²) in [5.74, 6) is -0.523. The van der Waals surface area contributed by atoms with Gasteiger partial charge in [-0.15, -0.1) is 0 Å². The molecule has 1 N–H and O–H groups in total. The molecule has 0 saturated carbocycles. The molecular formula is C29H27NO5. The quantitative estimate of drug-likeness (QED) is 0.443. The fourth-order valence-corrected chi connectivity index (χ4v) is 4.12. The van der Waals surface area contributed by atoms with Crippen LogP contribution in [0.25, 0.3) is 0 Å². The number of rotatable bonds is 6. The van der Waals surface area contributed by atoms with Crippen molar-refractivity contribution in [2.24, 2.45) is 0 Å². The highest BCUT2D eigenvalue weighted by atomic mass is 16.5. The Morgan fingerprint density at radius 3 is 2.51 bits per heavy atom. The molecule has 1 unspecified atom stereocenters. The lowest BCUT2D eigenvalue weighted by atomic mass is 9.85. The summed E-state index contributed by atoms with van der Waals surface area (Å²) in [6.07, 6.45) is 0.652. The zero-order valence-electron chi connectivity index (χ0n) is 20.0. The van der Waals surface area contributed by atoms with E-state index in [0.29, 0.717) is 35.5 Å². The van der Waals surface area contributed by atoms with Crippen molar-refractivity contribution in [3.05, 3.63) is 88.5 Å². The van der Waals surface area contributed by atoms with Gasteiger partial charge in [-0.1, -0.05) is 45.0 Å². The van der Waals surface area contributed by atoms with Crippen molar-refractivity contribution in [1.29, 1.82) is 5.26 Å². The number of nitriles is 1. The minimum absolute atomic E-state index is 0.00205. The predicted molar refractivity (Wildman–Crippen MR) is 131 cm³/mol. The number of ketones is 1. The van der Waals surface area contributed by atoms with Crippen molar-refractivity contribution in [1.82, 2.24) is 0 Å². The summed E-state index contributed by atoms with van der Waals surface area (Å²) < 4.78 is 11.5. The Morgan fingerprint density at radius 2 is 1.86 bits per heavy atom. The van der Waals surface area contributed by atoms with Gasteiger partial charge in [0.15, 0.2) is 5.78 Å². The Morgan fingerprint density at radius 1 is 1.11 bits per heavy atom. The zero-order valence-corrected chi connectivity index (χ0v) is 20.0. The SMILES string of the molecule is CC(C)(C)c1cccc(CC(=O)c2ccc(Oc3cc4c(cc3C#N)C(C(=O)O)CCO4)cc2)c1. The van der Waals surface area contributed by atoms with Gasteiger partial charge in [0.05, 0.1) is 18.1 Å². The topological polar surface area (TPSA) is 96.6 Å². The molecular weight excluding hydrogens is 442 g/mol. The molecule has 6 heteroatoms. The number of ether oxygens (including phenoxy) is 2. The summed E-state index contributed by atoms with van der Waals surface area (Å²) in [7, 11) is 0. The molecule has 1 atom stereocenters. The fourth-order valence-electron chi connectivity index (χ4n) is 4.12. The molecule has 1 aliphatic heterocycles. The summed E-state index contributed by atoms with van der Waals surface area (Å²) in [5, 5.41) is 19.1. The van der Waals surface area contributed by atoms with Crippen LogP contribution >= 0.6 is 0 Å². The van der Waals surface area contributed by atoms with Crippen LogP contribution in [0.4, 0.5) is 0 Å². The summed E-state index contributed by atoms with van der Waals surface area (Å²) in [5.41, 5.74) is 3.43. The number of nitrogens with zero attached hydrogens (tertiary/aromatic N) is 1. The lowest BCUT2D eigenvalue weighted by Gasteiger charge is -2.24. The van der Waals surface area contributed by atoms with Gasteiger partial charge in [-0.05, 0) is 53.3 Å². The standard InChI is InChI=1S/C29H27NO5/c1-29(2,3)21-6-4-5-18(13-21)14-25(31)19-7-9-22(10-8-19)35-26-16-27-24(15-20(26)17-30)23(28(32)33)11-12-34-27/h4-10,13,15-16,23H,11-12,14H2,1-3H3,(H,32,33). The monoisotopic (exact) mass is 469 g/mol. The highest BCUT2D eigenvalue weighted by molar-refractivity contribution is 5.97. The van der Waals surface area contributed by atoms with Crippen LogP contribution < -0.4 is 9.47 Å². The summed E-state index contributed by atoms with van der Waals surface area (Å²) >= 11 is 0. The number of benzene rings is 3. The van der Waals surface area contributed by atoms with Gasteiger partial charge >= 0.3 is 5.97 Å². The van der Waals surface area contributed by atoms with Crippen LogP contribution in [-0.2, 0) is 16.6 Å². The zero-order chi connectivity index (χ0) is 25.2. The van der Waals surface area contributed by atoms with Gasteiger partial charge < -0.3 is 14.6 Å². The van der Waals surface area contributed by atoms with E-state index in [9.17, 15) is 20.0 Å². The molecule has 0 spiro atoms. The number of fused-ring (bicyclic) bond motifs is 1. The average Bonchev–Trinajstić information content (AvgIpc) is 2.83. The van der Waals surface area contributed by atoms with Gasteiger partial charge in [0.1, 0.15) is 23.3 Å². The highest BCUT2D eigenvalue weighted by Crippen LogP contribution is 2.39. The first-order valence-electron chi connectivity index (χ1n) is 11.5. The average molecular weight is 470 g/mol. The van der Waals surface area contributed by atoms with Crippen LogP contribution in [-0.4, -0.2) is 23.5 Å². The number of hydrogen-bond donors (Lipinski definition) is 1. The third-order valence-corrected chi connectivity index (χ3v) is 6.13. The first-order valence-corrected chi connectivity index (χ1v) is 11.5. The number of Topliss-reactive ketones (excluding diaryl/α,β-unsaturated/α-hetero) is 1. The lowest BCUT2D eigenvalue weighted by molar-refractivity contribution is -0.139. The van der Waals surface area contributed by atoms with Gasteiger partial charge in [0.25, 0.3) is 0 Å². The van der Waals surface area contributed by atoms with E-state index in [-0.39, 0.29) is 29.1 Å². The maximum absolute atomic E-state index is 12.8. The molecule has 4 rings (SSSR count). The van der Waals surface area contributed by atoms with Gasteiger partial charge in [0.2, 0.25) is 0 Å². The highest BCUT2D eigenvalue weighted by Gasteiger charge is 2.29. The van der Waals surface area contributed by atoms with Crippen LogP contribution in [0.2, 0.25) is 0 Å². The number of carbonyl (C=O) groups excluding carboxylic acids is 1. The smallest absolute Gasteiger partial charge is 0.311 e. The first-order chi connectivity index (χ1) is 16.7. The number of carboxylic acid groups (broad SMARTS) is 1. The molecule has 6 nitrogen and oxygen atoms in total. The van der Waals surface area contributed by atoms with Crippen molar-refractivity contribution in [3.8, 4) is 23.3 Å². The van der Waals surface area contributed by atoms with Crippen LogP contribution in [0.15, 0.2) is 60.7 Å². The number of carbonyl (C=O) groups is 2. The largest absolute Gasteiger partial charge is 0.493 e. The molecule has 1 aliphatic rings.